The molecule has 26 heavy (non-hydrogen) atoms. The molecule has 4 nitrogen and oxygen atoms in total. The van der Waals surface area contributed by atoms with Crippen molar-refractivity contribution in [2.75, 3.05) is 29.1 Å². The minimum atomic E-state index is 0.210. The van der Waals surface area contributed by atoms with Crippen LogP contribution >= 0.6 is 24.0 Å². The van der Waals surface area contributed by atoms with Crippen molar-refractivity contribution < 1.29 is 4.79 Å². The lowest BCUT2D eigenvalue weighted by molar-refractivity contribution is -0.117. The predicted octanol–water partition coefficient (Wildman–Crippen LogP) is 4.20. The van der Waals surface area contributed by atoms with Crippen LogP contribution in [-0.4, -0.2) is 29.9 Å². The molecule has 1 aliphatic heterocycles. The molecule has 0 saturated carbocycles. The maximum atomic E-state index is 11.9. The standard InChI is InChI=1S/C20H23N3OS2/c1-15-14-16(9-10-18(15)23-12-5-8-19(23)24)22-20(25)21-11-13-26-17-6-3-2-4-7-17/h2-4,6-7,9-10,14H,5,8,11-13H2,1H3,(H2,21,22,25). The summed E-state index contributed by atoms with van der Waals surface area (Å²) in [7, 11) is 0. The van der Waals surface area contributed by atoms with Gasteiger partial charge in [0, 0.05) is 41.5 Å². The number of hydrogen-bond donors (Lipinski definition) is 2. The van der Waals surface area contributed by atoms with Crippen molar-refractivity contribution in [1.29, 1.82) is 0 Å². The largest absolute Gasteiger partial charge is 0.362 e. The highest BCUT2D eigenvalue weighted by atomic mass is 32.2. The van der Waals surface area contributed by atoms with Crippen LogP contribution in [0.3, 0.4) is 0 Å². The van der Waals surface area contributed by atoms with E-state index in [1.807, 2.05) is 48.2 Å². The summed E-state index contributed by atoms with van der Waals surface area (Å²) in [5.41, 5.74) is 3.01. The van der Waals surface area contributed by atoms with E-state index in [0.717, 1.165) is 42.2 Å². The first kappa shape index (κ1) is 18.7. The van der Waals surface area contributed by atoms with Gasteiger partial charge in [-0.3, -0.25) is 4.79 Å². The van der Waals surface area contributed by atoms with Gasteiger partial charge >= 0.3 is 0 Å². The highest BCUT2D eigenvalue weighted by Gasteiger charge is 2.22. The Kier molecular flexibility index (Phi) is 6.52. The summed E-state index contributed by atoms with van der Waals surface area (Å²) in [4.78, 5) is 15.0. The molecule has 2 N–H and O–H groups in total. The smallest absolute Gasteiger partial charge is 0.227 e. The number of nitrogens with one attached hydrogen (secondary N) is 2. The lowest BCUT2D eigenvalue weighted by atomic mass is 10.1. The Hall–Kier alpha value is -2.05. The van der Waals surface area contributed by atoms with Crippen molar-refractivity contribution in [3.8, 4) is 0 Å². The Morgan fingerprint density at radius 3 is 2.73 bits per heavy atom. The topological polar surface area (TPSA) is 44.4 Å². The molecule has 6 heteroatoms. The Labute approximate surface area is 164 Å². The van der Waals surface area contributed by atoms with Gasteiger partial charge in [0.2, 0.25) is 5.91 Å². The second kappa shape index (κ2) is 9.05. The van der Waals surface area contributed by atoms with Gasteiger partial charge in [-0.15, -0.1) is 11.8 Å². The quantitative estimate of drug-likeness (QED) is 0.443. The van der Waals surface area contributed by atoms with E-state index in [1.54, 1.807) is 11.8 Å². The number of thioether (sulfide) groups is 1. The number of carbonyl (C=O) groups is 1. The summed E-state index contributed by atoms with van der Waals surface area (Å²) in [6, 6.07) is 16.3. The Morgan fingerprint density at radius 1 is 1.23 bits per heavy atom. The van der Waals surface area contributed by atoms with Crippen LogP contribution in [-0.2, 0) is 4.79 Å². The molecule has 0 bridgehead atoms. The highest BCUT2D eigenvalue weighted by molar-refractivity contribution is 7.99. The molecule has 2 aromatic carbocycles. The summed E-state index contributed by atoms with van der Waals surface area (Å²) in [5, 5.41) is 7.06. The van der Waals surface area contributed by atoms with Crippen LogP contribution in [0.1, 0.15) is 18.4 Å². The van der Waals surface area contributed by atoms with Gasteiger partial charge in [0.15, 0.2) is 5.11 Å². The summed E-state index contributed by atoms with van der Waals surface area (Å²) in [5.74, 6) is 1.16. The van der Waals surface area contributed by atoms with Crippen molar-refractivity contribution in [3.63, 3.8) is 0 Å². The number of rotatable bonds is 6. The Morgan fingerprint density at radius 2 is 2.04 bits per heavy atom. The average Bonchev–Trinajstić information content (AvgIpc) is 3.06. The molecule has 0 aromatic heterocycles. The second-order valence-corrected chi connectivity index (χ2v) is 7.77. The zero-order valence-electron chi connectivity index (χ0n) is 14.8. The molecule has 0 unspecified atom stereocenters. The van der Waals surface area contributed by atoms with Crippen LogP contribution in [0.25, 0.3) is 0 Å². The molecule has 2 aromatic rings. The van der Waals surface area contributed by atoms with Crippen LogP contribution in [0.2, 0.25) is 0 Å². The molecule has 0 radical (unpaired) electrons. The van der Waals surface area contributed by atoms with Crippen molar-refractivity contribution in [3.05, 3.63) is 54.1 Å². The van der Waals surface area contributed by atoms with Crippen LogP contribution in [0.15, 0.2) is 53.4 Å². The number of anilines is 2. The molecule has 1 saturated heterocycles. The molecular weight excluding hydrogens is 362 g/mol. The number of aryl methyl sites for hydroxylation is 1. The van der Waals surface area contributed by atoms with E-state index in [2.05, 4.69) is 22.8 Å². The minimum Gasteiger partial charge on any atom is -0.362 e. The Balaban J connectivity index is 1.46. The first-order valence-electron chi connectivity index (χ1n) is 8.77. The zero-order valence-corrected chi connectivity index (χ0v) is 16.5. The third kappa shape index (κ3) is 4.99. The van der Waals surface area contributed by atoms with E-state index in [0.29, 0.717) is 11.5 Å². The Bertz CT molecular complexity index is 780. The molecule has 1 aliphatic rings. The normalized spacial score (nSPS) is 13.7. The van der Waals surface area contributed by atoms with E-state index < -0.39 is 0 Å². The van der Waals surface area contributed by atoms with Crippen molar-refractivity contribution >= 4 is 46.4 Å². The van der Waals surface area contributed by atoms with E-state index >= 15 is 0 Å². The molecule has 0 spiro atoms. The van der Waals surface area contributed by atoms with Crippen LogP contribution in [0, 0.1) is 6.92 Å². The van der Waals surface area contributed by atoms with Gasteiger partial charge in [0.1, 0.15) is 0 Å². The number of amides is 1. The van der Waals surface area contributed by atoms with E-state index in [1.165, 1.54) is 4.90 Å². The lowest BCUT2D eigenvalue weighted by Gasteiger charge is -2.19. The van der Waals surface area contributed by atoms with E-state index in [9.17, 15) is 4.79 Å². The third-order valence-corrected chi connectivity index (χ3v) is 5.48. The van der Waals surface area contributed by atoms with E-state index in [-0.39, 0.29) is 5.91 Å². The lowest BCUT2D eigenvalue weighted by Crippen LogP contribution is -2.30. The average molecular weight is 386 g/mol. The fourth-order valence-electron chi connectivity index (χ4n) is 2.96. The van der Waals surface area contributed by atoms with Crippen LogP contribution in [0.4, 0.5) is 11.4 Å². The predicted molar refractivity (Wildman–Crippen MR) is 114 cm³/mol. The molecule has 136 valence electrons. The molecule has 3 rings (SSSR count). The fourth-order valence-corrected chi connectivity index (χ4v) is 3.97. The van der Waals surface area contributed by atoms with E-state index in [4.69, 9.17) is 12.2 Å². The van der Waals surface area contributed by atoms with Crippen LogP contribution < -0.4 is 15.5 Å². The van der Waals surface area contributed by atoms with Gasteiger partial charge in [-0.05, 0) is 61.5 Å². The molecule has 0 aliphatic carbocycles. The summed E-state index contributed by atoms with van der Waals surface area (Å²) >= 11 is 7.17. The fraction of sp³-hybridized carbons (Fsp3) is 0.300. The SMILES string of the molecule is Cc1cc(NC(=S)NCCSc2ccccc2)ccc1N1CCCC1=O. The summed E-state index contributed by atoms with van der Waals surface area (Å²) in [6.45, 7) is 3.63. The minimum absolute atomic E-state index is 0.210. The maximum Gasteiger partial charge on any atom is 0.227 e. The number of nitrogens with zero attached hydrogens (tertiary/aromatic N) is 1. The number of carbonyl (C=O) groups excluding carboxylic acids is 1. The molecule has 1 heterocycles. The van der Waals surface area contributed by atoms with Gasteiger partial charge in [-0.25, -0.2) is 0 Å². The monoisotopic (exact) mass is 385 g/mol. The van der Waals surface area contributed by atoms with Gasteiger partial charge in [0.05, 0.1) is 0 Å². The molecule has 1 fully saturated rings. The van der Waals surface area contributed by atoms with Crippen molar-refractivity contribution in [1.82, 2.24) is 5.32 Å². The zero-order chi connectivity index (χ0) is 18.4. The van der Waals surface area contributed by atoms with Gasteiger partial charge in [-0.2, -0.15) is 0 Å². The highest BCUT2D eigenvalue weighted by Crippen LogP contribution is 2.27. The molecular formula is C20H23N3OS2. The summed E-state index contributed by atoms with van der Waals surface area (Å²) in [6.07, 6.45) is 1.59. The molecule has 1 amide bonds. The van der Waals surface area contributed by atoms with Crippen molar-refractivity contribution in [2.45, 2.75) is 24.7 Å². The number of thiocarbonyl (C=S) groups is 1. The van der Waals surface area contributed by atoms with Crippen molar-refractivity contribution in [2.24, 2.45) is 0 Å². The van der Waals surface area contributed by atoms with Crippen LogP contribution in [0.5, 0.6) is 0 Å². The first-order valence-corrected chi connectivity index (χ1v) is 10.2. The third-order valence-electron chi connectivity index (χ3n) is 4.22. The van der Waals surface area contributed by atoms with Gasteiger partial charge in [0.25, 0.3) is 0 Å². The maximum absolute atomic E-state index is 11.9. The van der Waals surface area contributed by atoms with Gasteiger partial charge in [-0.1, -0.05) is 18.2 Å². The molecule has 0 atom stereocenters. The summed E-state index contributed by atoms with van der Waals surface area (Å²) < 4.78 is 0. The first-order chi connectivity index (χ1) is 12.6. The second-order valence-electron chi connectivity index (χ2n) is 6.19. The van der Waals surface area contributed by atoms with Gasteiger partial charge < -0.3 is 15.5 Å². The number of hydrogen-bond acceptors (Lipinski definition) is 3. The number of benzene rings is 2.